The van der Waals surface area contributed by atoms with Crippen LogP contribution in [-0.4, -0.2) is 9.38 Å². The molecule has 0 unspecified atom stereocenters. The molecule has 0 spiro atoms. The highest BCUT2D eigenvalue weighted by atomic mass is 15.0. The lowest BCUT2D eigenvalue weighted by molar-refractivity contribution is 0.354. The lowest BCUT2D eigenvalue weighted by atomic mass is 9.85. The molecule has 0 radical (unpaired) electrons. The van der Waals surface area contributed by atoms with Crippen molar-refractivity contribution in [1.82, 2.24) is 9.38 Å². The van der Waals surface area contributed by atoms with E-state index in [0.717, 1.165) is 23.7 Å². The number of benzene rings is 2. The first-order chi connectivity index (χ1) is 13.3. The van der Waals surface area contributed by atoms with E-state index in [0.29, 0.717) is 0 Å². The topological polar surface area (TPSA) is 17.3 Å². The van der Waals surface area contributed by atoms with Crippen LogP contribution in [0.4, 0.5) is 0 Å². The van der Waals surface area contributed by atoms with E-state index < -0.39 is 0 Å². The number of aryl methyl sites for hydroxylation is 1. The van der Waals surface area contributed by atoms with Gasteiger partial charge < -0.3 is 4.40 Å². The second-order valence-electron chi connectivity index (χ2n) is 8.08. The van der Waals surface area contributed by atoms with Crippen LogP contribution in [0.15, 0.2) is 60.8 Å². The number of imidazole rings is 1. The molecule has 136 valence electrons. The molecule has 2 aromatic heterocycles. The third-order valence-corrected chi connectivity index (χ3v) is 6.15. The standard InChI is InChI=1S/C25H26N2/c1-18-11-13-21(14-12-18)24-23(17-19-7-3-2-4-8-19)27-16-15-20-9-5-6-10-22(20)25(27)26-24/h5-6,9-16,19H,2-4,7-8,17H2,1H3. The molecular weight excluding hydrogens is 328 g/mol. The van der Waals surface area contributed by atoms with Gasteiger partial charge in [0, 0.05) is 17.1 Å². The number of hydrogen-bond donors (Lipinski definition) is 0. The Morgan fingerprint density at radius 2 is 1.70 bits per heavy atom. The Bertz CT molecular complexity index is 1080. The average Bonchev–Trinajstić information content (AvgIpc) is 3.08. The van der Waals surface area contributed by atoms with Gasteiger partial charge in [-0.25, -0.2) is 4.98 Å². The molecule has 0 aliphatic heterocycles. The van der Waals surface area contributed by atoms with Crippen LogP contribution in [0.5, 0.6) is 0 Å². The van der Waals surface area contributed by atoms with E-state index in [-0.39, 0.29) is 0 Å². The maximum absolute atomic E-state index is 5.17. The minimum atomic E-state index is 0.786. The fourth-order valence-corrected chi connectivity index (χ4v) is 4.62. The maximum atomic E-state index is 5.17. The number of nitrogens with zero attached hydrogens (tertiary/aromatic N) is 2. The number of rotatable bonds is 3. The van der Waals surface area contributed by atoms with Crippen molar-refractivity contribution in [3.63, 3.8) is 0 Å². The Morgan fingerprint density at radius 1 is 0.926 bits per heavy atom. The summed E-state index contributed by atoms with van der Waals surface area (Å²) in [5, 5.41) is 2.50. The summed E-state index contributed by atoms with van der Waals surface area (Å²) in [6.07, 6.45) is 10.2. The van der Waals surface area contributed by atoms with Crippen molar-refractivity contribution in [2.24, 2.45) is 5.92 Å². The molecule has 0 N–H and O–H groups in total. The number of fused-ring (bicyclic) bond motifs is 3. The van der Waals surface area contributed by atoms with Gasteiger partial charge in [0.2, 0.25) is 0 Å². The second-order valence-corrected chi connectivity index (χ2v) is 8.08. The highest BCUT2D eigenvalue weighted by molar-refractivity contribution is 5.95. The largest absolute Gasteiger partial charge is 0.303 e. The molecule has 0 amide bonds. The van der Waals surface area contributed by atoms with Crippen LogP contribution < -0.4 is 0 Å². The third kappa shape index (κ3) is 3.03. The molecule has 0 bridgehead atoms. The van der Waals surface area contributed by atoms with Crippen LogP contribution in [-0.2, 0) is 6.42 Å². The van der Waals surface area contributed by atoms with E-state index in [4.69, 9.17) is 4.98 Å². The molecule has 1 fully saturated rings. The Balaban J connectivity index is 1.71. The number of hydrogen-bond acceptors (Lipinski definition) is 1. The van der Waals surface area contributed by atoms with Crippen molar-refractivity contribution in [2.75, 3.05) is 0 Å². The van der Waals surface area contributed by atoms with Gasteiger partial charge in [-0.05, 0) is 30.7 Å². The molecule has 0 atom stereocenters. The molecule has 2 heterocycles. The van der Waals surface area contributed by atoms with Gasteiger partial charge in [0.05, 0.1) is 11.4 Å². The van der Waals surface area contributed by atoms with E-state index in [9.17, 15) is 0 Å². The molecule has 2 nitrogen and oxygen atoms in total. The summed E-state index contributed by atoms with van der Waals surface area (Å²) in [4.78, 5) is 5.17. The van der Waals surface area contributed by atoms with Gasteiger partial charge in [-0.1, -0.05) is 86.2 Å². The van der Waals surface area contributed by atoms with Crippen molar-refractivity contribution in [3.05, 3.63) is 72.1 Å². The molecular formula is C25H26N2. The fourth-order valence-electron chi connectivity index (χ4n) is 4.62. The molecule has 2 aromatic carbocycles. The first kappa shape index (κ1) is 16.6. The molecule has 1 aliphatic carbocycles. The van der Waals surface area contributed by atoms with Crippen LogP contribution in [0.3, 0.4) is 0 Å². The maximum Gasteiger partial charge on any atom is 0.145 e. The summed E-state index contributed by atoms with van der Waals surface area (Å²) < 4.78 is 2.35. The molecule has 1 aliphatic rings. The van der Waals surface area contributed by atoms with Gasteiger partial charge in [-0.2, -0.15) is 0 Å². The van der Waals surface area contributed by atoms with Crippen LogP contribution in [0.1, 0.15) is 43.4 Å². The van der Waals surface area contributed by atoms with E-state index in [1.165, 1.54) is 59.7 Å². The monoisotopic (exact) mass is 354 g/mol. The van der Waals surface area contributed by atoms with E-state index in [1.54, 1.807) is 0 Å². The van der Waals surface area contributed by atoms with Gasteiger partial charge in [0.15, 0.2) is 0 Å². The number of pyridine rings is 1. The van der Waals surface area contributed by atoms with Crippen molar-refractivity contribution in [1.29, 1.82) is 0 Å². The first-order valence-electron chi connectivity index (χ1n) is 10.3. The van der Waals surface area contributed by atoms with Crippen molar-refractivity contribution >= 4 is 16.4 Å². The summed E-state index contributed by atoms with van der Waals surface area (Å²) in [5.74, 6) is 0.786. The van der Waals surface area contributed by atoms with Crippen LogP contribution >= 0.6 is 0 Å². The smallest absolute Gasteiger partial charge is 0.145 e. The summed E-state index contributed by atoms with van der Waals surface area (Å²) in [6.45, 7) is 2.14. The lowest BCUT2D eigenvalue weighted by Gasteiger charge is -2.21. The zero-order valence-electron chi connectivity index (χ0n) is 16.0. The van der Waals surface area contributed by atoms with Crippen molar-refractivity contribution in [2.45, 2.75) is 45.4 Å². The Kier molecular flexibility index (Phi) is 4.20. The van der Waals surface area contributed by atoms with E-state index in [2.05, 4.69) is 72.1 Å². The summed E-state index contributed by atoms with van der Waals surface area (Å²) in [7, 11) is 0. The minimum absolute atomic E-state index is 0.786. The second kappa shape index (κ2) is 6.84. The summed E-state index contributed by atoms with van der Waals surface area (Å²) in [5.41, 5.74) is 6.17. The van der Waals surface area contributed by atoms with Crippen LogP contribution in [0, 0.1) is 12.8 Å². The van der Waals surface area contributed by atoms with Gasteiger partial charge in [-0.3, -0.25) is 0 Å². The summed E-state index contributed by atoms with van der Waals surface area (Å²) >= 11 is 0. The lowest BCUT2D eigenvalue weighted by Crippen LogP contribution is -2.11. The molecule has 1 saturated carbocycles. The third-order valence-electron chi connectivity index (χ3n) is 6.15. The van der Waals surface area contributed by atoms with Gasteiger partial charge in [-0.15, -0.1) is 0 Å². The van der Waals surface area contributed by atoms with Crippen molar-refractivity contribution in [3.8, 4) is 11.3 Å². The molecule has 27 heavy (non-hydrogen) atoms. The normalized spacial score (nSPS) is 15.6. The van der Waals surface area contributed by atoms with Crippen LogP contribution in [0.25, 0.3) is 27.7 Å². The Labute approximate surface area is 160 Å². The van der Waals surface area contributed by atoms with Crippen LogP contribution in [0.2, 0.25) is 0 Å². The molecule has 2 heteroatoms. The van der Waals surface area contributed by atoms with E-state index in [1.807, 2.05) is 0 Å². The predicted molar refractivity (Wildman–Crippen MR) is 113 cm³/mol. The highest BCUT2D eigenvalue weighted by Crippen LogP contribution is 2.33. The first-order valence-corrected chi connectivity index (χ1v) is 10.3. The van der Waals surface area contributed by atoms with Gasteiger partial charge >= 0.3 is 0 Å². The highest BCUT2D eigenvalue weighted by Gasteiger charge is 2.21. The fraction of sp³-hybridized carbons (Fsp3) is 0.320. The predicted octanol–water partition coefficient (Wildman–Crippen LogP) is 6.59. The van der Waals surface area contributed by atoms with Gasteiger partial charge in [0.1, 0.15) is 5.65 Å². The SMILES string of the molecule is Cc1ccc(-c2nc3c4ccccc4ccn3c2CC2CCCCC2)cc1. The zero-order valence-corrected chi connectivity index (χ0v) is 16.0. The quantitative estimate of drug-likeness (QED) is 0.406. The van der Waals surface area contributed by atoms with E-state index >= 15 is 0 Å². The zero-order chi connectivity index (χ0) is 18.2. The Hall–Kier alpha value is -2.61. The molecule has 4 aromatic rings. The minimum Gasteiger partial charge on any atom is -0.303 e. The molecule has 5 rings (SSSR count). The van der Waals surface area contributed by atoms with Gasteiger partial charge in [0.25, 0.3) is 0 Å². The summed E-state index contributed by atoms with van der Waals surface area (Å²) in [6, 6.07) is 19.7. The Morgan fingerprint density at radius 3 is 2.52 bits per heavy atom. The average molecular weight is 354 g/mol. The number of aromatic nitrogens is 2. The van der Waals surface area contributed by atoms with Crippen molar-refractivity contribution < 1.29 is 0 Å². The molecule has 0 saturated heterocycles.